The van der Waals surface area contributed by atoms with Crippen LogP contribution >= 0.6 is 34.8 Å². The Labute approximate surface area is 235 Å². The molecular formula is C29H23Cl3N4O2. The second-order valence-electron chi connectivity index (χ2n) is 9.43. The van der Waals surface area contributed by atoms with Gasteiger partial charge in [0.2, 0.25) is 5.91 Å². The van der Waals surface area contributed by atoms with Gasteiger partial charge in [0.1, 0.15) is 12.6 Å². The molecule has 0 bridgehead atoms. The largest absolute Gasteiger partial charge is 0.322 e. The van der Waals surface area contributed by atoms with Gasteiger partial charge in [-0.2, -0.15) is 0 Å². The molecule has 3 amide bonds. The number of fused-ring (bicyclic) bond motifs is 3. The number of hydrogen-bond acceptors (Lipinski definition) is 2. The first-order valence-corrected chi connectivity index (χ1v) is 13.4. The van der Waals surface area contributed by atoms with Crippen molar-refractivity contribution in [1.82, 2.24) is 9.47 Å². The molecule has 1 fully saturated rings. The second kappa shape index (κ2) is 10.0. The van der Waals surface area contributed by atoms with Gasteiger partial charge in [0, 0.05) is 22.3 Å². The van der Waals surface area contributed by atoms with Crippen LogP contribution in [0.15, 0.2) is 85.1 Å². The van der Waals surface area contributed by atoms with Crippen LogP contribution in [0.4, 0.5) is 16.2 Å². The maximum absolute atomic E-state index is 14.2. The van der Waals surface area contributed by atoms with Crippen molar-refractivity contribution < 1.29 is 9.59 Å². The smallest absolute Gasteiger partial charge is 0.316 e. The Kier molecular flexibility index (Phi) is 6.56. The number of para-hydroxylation sites is 2. The number of amides is 3. The highest BCUT2D eigenvalue weighted by Gasteiger charge is 2.40. The van der Waals surface area contributed by atoms with Crippen LogP contribution in [0.25, 0.3) is 5.69 Å². The van der Waals surface area contributed by atoms with Crippen molar-refractivity contribution in [3.05, 3.63) is 111 Å². The van der Waals surface area contributed by atoms with E-state index < -0.39 is 6.04 Å². The third-order valence-corrected chi connectivity index (χ3v) is 7.66. The molecule has 1 saturated carbocycles. The summed E-state index contributed by atoms with van der Waals surface area (Å²) in [4.78, 5) is 31.0. The van der Waals surface area contributed by atoms with E-state index >= 15 is 0 Å². The van der Waals surface area contributed by atoms with E-state index in [1.165, 1.54) is 0 Å². The quantitative estimate of drug-likeness (QED) is 0.271. The first-order valence-electron chi connectivity index (χ1n) is 12.3. The zero-order valence-electron chi connectivity index (χ0n) is 20.2. The molecule has 0 saturated heterocycles. The molecule has 1 aliphatic carbocycles. The number of carbonyl (C=O) groups excluding carboxylic acids is 2. The van der Waals surface area contributed by atoms with Gasteiger partial charge in [0.05, 0.1) is 27.8 Å². The van der Waals surface area contributed by atoms with Crippen molar-refractivity contribution in [1.29, 1.82) is 0 Å². The Hall–Kier alpha value is -3.45. The molecule has 6 nitrogen and oxygen atoms in total. The average Bonchev–Trinajstić information content (AvgIpc) is 3.63. The molecule has 1 N–H and O–H groups in total. The first kappa shape index (κ1) is 24.9. The zero-order chi connectivity index (χ0) is 26.4. The lowest BCUT2D eigenvalue weighted by molar-refractivity contribution is -0.119. The van der Waals surface area contributed by atoms with E-state index in [2.05, 4.69) is 9.88 Å². The maximum Gasteiger partial charge on any atom is 0.322 e. The van der Waals surface area contributed by atoms with Crippen LogP contribution in [0, 0.1) is 0 Å². The number of halogens is 3. The number of hydrogen-bond donors (Lipinski definition) is 1. The Morgan fingerprint density at radius 1 is 0.868 bits per heavy atom. The Bertz CT molecular complexity index is 1550. The average molecular weight is 566 g/mol. The summed E-state index contributed by atoms with van der Waals surface area (Å²) in [6.07, 6.45) is 3.67. The second-order valence-corrected chi connectivity index (χ2v) is 10.7. The maximum atomic E-state index is 14.2. The molecule has 1 atom stereocenters. The van der Waals surface area contributed by atoms with Gasteiger partial charge in [0.15, 0.2) is 0 Å². The minimum Gasteiger partial charge on any atom is -0.316 e. The van der Waals surface area contributed by atoms with Crippen LogP contribution in [0.1, 0.15) is 30.1 Å². The highest BCUT2D eigenvalue weighted by atomic mass is 35.5. The van der Waals surface area contributed by atoms with Crippen molar-refractivity contribution in [2.24, 2.45) is 0 Å². The third kappa shape index (κ3) is 4.64. The highest BCUT2D eigenvalue weighted by molar-refractivity contribution is 6.36. The van der Waals surface area contributed by atoms with Gasteiger partial charge < -0.3 is 14.8 Å². The predicted molar refractivity (Wildman–Crippen MR) is 152 cm³/mol. The molecule has 9 heteroatoms. The minimum atomic E-state index is -0.416. The van der Waals surface area contributed by atoms with E-state index in [-0.39, 0.29) is 24.5 Å². The lowest BCUT2D eigenvalue weighted by Gasteiger charge is -2.39. The molecular weight excluding hydrogens is 543 g/mol. The van der Waals surface area contributed by atoms with E-state index in [1.54, 1.807) is 28.0 Å². The molecule has 0 radical (unpaired) electrons. The molecule has 3 aromatic carbocycles. The van der Waals surface area contributed by atoms with E-state index in [0.717, 1.165) is 35.5 Å². The summed E-state index contributed by atoms with van der Waals surface area (Å²) in [7, 11) is 0. The number of nitrogens with zero attached hydrogens (tertiary/aromatic N) is 3. The van der Waals surface area contributed by atoms with Gasteiger partial charge in [-0.25, -0.2) is 4.79 Å². The fourth-order valence-corrected chi connectivity index (χ4v) is 5.66. The monoisotopic (exact) mass is 564 g/mol. The summed E-state index contributed by atoms with van der Waals surface area (Å²) in [5.41, 5.74) is 3.93. The summed E-state index contributed by atoms with van der Waals surface area (Å²) >= 11 is 18.7. The Morgan fingerprint density at radius 2 is 1.63 bits per heavy atom. The van der Waals surface area contributed by atoms with E-state index in [1.807, 2.05) is 66.9 Å². The number of carbonyl (C=O) groups is 2. The molecule has 1 unspecified atom stereocenters. The summed E-state index contributed by atoms with van der Waals surface area (Å²) in [6.45, 7) is -0.0895. The van der Waals surface area contributed by atoms with E-state index in [0.29, 0.717) is 20.8 Å². The molecule has 1 aromatic heterocycles. The zero-order valence-corrected chi connectivity index (χ0v) is 22.4. The number of anilines is 2. The molecule has 2 heterocycles. The van der Waals surface area contributed by atoms with Crippen molar-refractivity contribution in [3.8, 4) is 5.69 Å². The van der Waals surface area contributed by atoms with Crippen LogP contribution in [0.2, 0.25) is 15.1 Å². The topological polar surface area (TPSA) is 57.6 Å². The number of aromatic nitrogens is 1. The normalized spacial score (nSPS) is 16.0. The third-order valence-electron chi connectivity index (χ3n) is 6.88. The van der Waals surface area contributed by atoms with Crippen molar-refractivity contribution in [2.75, 3.05) is 16.8 Å². The summed E-state index contributed by atoms with van der Waals surface area (Å²) in [5, 5.41) is 4.25. The minimum absolute atomic E-state index is 0.0152. The molecule has 2 aliphatic rings. The van der Waals surface area contributed by atoms with Gasteiger partial charge in [-0.1, -0.05) is 59.1 Å². The SMILES string of the molecule is O=C(Nc1ccc(Cl)cc1Cl)N(CC(=O)N1c2ccccc2-n2cccc2C1c1cccc(Cl)c1)C1CC1. The molecule has 1 aliphatic heterocycles. The van der Waals surface area contributed by atoms with Crippen LogP contribution in [0.5, 0.6) is 0 Å². The molecule has 192 valence electrons. The molecule has 6 rings (SSSR count). The predicted octanol–water partition coefficient (Wildman–Crippen LogP) is 7.57. The first-order chi connectivity index (χ1) is 18.4. The fraction of sp³-hybridized carbons (Fsp3) is 0.172. The lowest BCUT2D eigenvalue weighted by Crippen LogP contribution is -2.48. The summed E-state index contributed by atoms with van der Waals surface area (Å²) < 4.78 is 2.10. The fourth-order valence-electron chi connectivity index (χ4n) is 5.01. The highest BCUT2D eigenvalue weighted by Crippen LogP contribution is 2.43. The Morgan fingerprint density at radius 3 is 2.37 bits per heavy atom. The van der Waals surface area contributed by atoms with Gasteiger partial charge in [0.25, 0.3) is 0 Å². The molecule has 0 spiro atoms. The van der Waals surface area contributed by atoms with Gasteiger partial charge >= 0.3 is 6.03 Å². The molecule has 38 heavy (non-hydrogen) atoms. The molecule has 4 aromatic rings. The Balaban J connectivity index is 1.36. The summed E-state index contributed by atoms with van der Waals surface area (Å²) in [5.74, 6) is -0.195. The lowest BCUT2D eigenvalue weighted by atomic mass is 9.97. The van der Waals surface area contributed by atoms with Crippen LogP contribution in [-0.4, -0.2) is 34.0 Å². The van der Waals surface area contributed by atoms with E-state index in [9.17, 15) is 9.59 Å². The number of nitrogens with one attached hydrogen (secondary N) is 1. The summed E-state index contributed by atoms with van der Waals surface area (Å²) in [6, 6.07) is 23.4. The number of benzene rings is 3. The van der Waals surface area contributed by atoms with Crippen molar-refractivity contribution in [2.45, 2.75) is 24.9 Å². The van der Waals surface area contributed by atoms with Crippen LogP contribution < -0.4 is 10.2 Å². The number of urea groups is 1. The number of rotatable bonds is 5. The van der Waals surface area contributed by atoms with Crippen LogP contribution in [0.3, 0.4) is 0 Å². The van der Waals surface area contributed by atoms with Crippen molar-refractivity contribution in [3.63, 3.8) is 0 Å². The van der Waals surface area contributed by atoms with Crippen LogP contribution in [-0.2, 0) is 4.79 Å². The van der Waals surface area contributed by atoms with Crippen molar-refractivity contribution >= 4 is 58.1 Å². The van der Waals surface area contributed by atoms with Gasteiger partial charge in [-0.05, 0) is 73.0 Å². The van der Waals surface area contributed by atoms with Gasteiger partial charge in [-0.15, -0.1) is 0 Å². The van der Waals surface area contributed by atoms with Gasteiger partial charge in [-0.3, -0.25) is 9.69 Å². The van der Waals surface area contributed by atoms with E-state index in [4.69, 9.17) is 34.8 Å². The standard InChI is InChI=1S/C29H23Cl3N4O2/c30-19-6-3-5-18(15-19)28-26-9-4-14-34(26)24-7-1-2-8-25(24)36(28)27(37)17-35(21-11-12-21)29(38)33-23-13-10-20(31)16-22(23)32/h1-10,13-16,21,28H,11-12,17H2,(H,33,38).